The lowest BCUT2D eigenvalue weighted by Gasteiger charge is -2.27. The van der Waals surface area contributed by atoms with Gasteiger partial charge >= 0.3 is 0 Å². The van der Waals surface area contributed by atoms with E-state index >= 15 is 0 Å². The van der Waals surface area contributed by atoms with Crippen LogP contribution in [0.3, 0.4) is 0 Å². The molecule has 0 radical (unpaired) electrons. The van der Waals surface area contributed by atoms with E-state index in [1.807, 2.05) is 53.2 Å². The summed E-state index contributed by atoms with van der Waals surface area (Å²) in [6, 6.07) is 11.4. The van der Waals surface area contributed by atoms with Crippen LogP contribution < -0.4 is 4.90 Å². The van der Waals surface area contributed by atoms with Crippen molar-refractivity contribution in [2.24, 2.45) is 0 Å². The van der Waals surface area contributed by atoms with Crippen LogP contribution in [-0.2, 0) is 11.3 Å². The first-order valence-electron chi connectivity index (χ1n) is 11.2. The van der Waals surface area contributed by atoms with Crippen molar-refractivity contribution >= 4 is 17.5 Å². The second-order valence-corrected chi connectivity index (χ2v) is 8.38. The van der Waals surface area contributed by atoms with Gasteiger partial charge in [0, 0.05) is 56.7 Å². The van der Waals surface area contributed by atoms with Gasteiger partial charge in [-0.1, -0.05) is 23.4 Å². The molecule has 0 bridgehead atoms. The van der Waals surface area contributed by atoms with E-state index in [4.69, 9.17) is 4.52 Å². The zero-order valence-electron chi connectivity index (χ0n) is 19.3. The summed E-state index contributed by atoms with van der Waals surface area (Å²) >= 11 is 0. The Balaban J connectivity index is 1.74. The van der Waals surface area contributed by atoms with Crippen LogP contribution in [0.4, 0.5) is 5.69 Å². The number of carbonyl (C=O) groups is 2. The van der Waals surface area contributed by atoms with E-state index in [0.29, 0.717) is 36.7 Å². The molecule has 0 saturated heterocycles. The van der Waals surface area contributed by atoms with Gasteiger partial charge in [-0.05, 0) is 50.7 Å². The average Bonchev–Trinajstić information content (AvgIpc) is 3.19. The molecule has 0 N–H and O–H groups in total. The van der Waals surface area contributed by atoms with Gasteiger partial charge in [0.15, 0.2) is 0 Å². The Morgan fingerprint density at radius 2 is 1.76 bits per heavy atom. The highest BCUT2D eigenvalue weighted by atomic mass is 16.5. The lowest BCUT2D eigenvalue weighted by atomic mass is 10.1. The van der Waals surface area contributed by atoms with Crippen LogP contribution in [0.5, 0.6) is 0 Å². The molecule has 8 nitrogen and oxygen atoms in total. The van der Waals surface area contributed by atoms with Crippen LogP contribution >= 0.6 is 0 Å². The standard InChI is InChI=1S/C25H29N5O3/c1-18-23(24(27-33-18)20-9-11-26-12-10-20)25(32)29-16-15-28(3)13-6-14-30(19(2)31)22-8-5-4-7-21(22)17-29/h4-5,7-12H,6,13-17H2,1-3H3. The van der Waals surface area contributed by atoms with Crippen LogP contribution in [0.15, 0.2) is 53.3 Å². The number of hydrogen-bond donors (Lipinski definition) is 0. The van der Waals surface area contributed by atoms with Gasteiger partial charge in [0.2, 0.25) is 5.91 Å². The summed E-state index contributed by atoms with van der Waals surface area (Å²) in [5.41, 5.74) is 3.54. The Labute approximate surface area is 193 Å². The molecule has 0 spiro atoms. The Kier molecular flexibility index (Phi) is 6.84. The molecule has 0 saturated carbocycles. The first-order valence-corrected chi connectivity index (χ1v) is 11.2. The van der Waals surface area contributed by atoms with E-state index in [-0.39, 0.29) is 11.8 Å². The number of anilines is 1. The molecule has 1 aromatic carbocycles. The molecule has 3 aromatic rings. The summed E-state index contributed by atoms with van der Waals surface area (Å²) in [5, 5.41) is 4.17. The quantitative estimate of drug-likeness (QED) is 0.599. The molecular formula is C25H29N5O3. The second kappa shape index (κ2) is 9.95. The second-order valence-electron chi connectivity index (χ2n) is 8.38. The molecule has 3 heterocycles. The number of hydrogen-bond acceptors (Lipinski definition) is 6. The minimum Gasteiger partial charge on any atom is -0.360 e. The lowest BCUT2D eigenvalue weighted by molar-refractivity contribution is -0.116. The number of aryl methyl sites for hydroxylation is 1. The molecule has 0 unspecified atom stereocenters. The normalized spacial score (nSPS) is 15.6. The van der Waals surface area contributed by atoms with Gasteiger partial charge in [-0.3, -0.25) is 14.6 Å². The first-order chi connectivity index (χ1) is 16.0. The van der Waals surface area contributed by atoms with E-state index in [9.17, 15) is 9.59 Å². The molecule has 1 aliphatic heterocycles. The van der Waals surface area contributed by atoms with E-state index in [1.54, 1.807) is 26.2 Å². The zero-order chi connectivity index (χ0) is 23.4. The maximum atomic E-state index is 13.9. The third kappa shape index (κ3) is 4.96. The average molecular weight is 448 g/mol. The number of nitrogens with zero attached hydrogens (tertiary/aromatic N) is 5. The summed E-state index contributed by atoms with van der Waals surface area (Å²) in [7, 11) is 2.04. The summed E-state index contributed by atoms with van der Waals surface area (Å²) < 4.78 is 5.44. The van der Waals surface area contributed by atoms with Crippen molar-refractivity contribution in [3.05, 3.63) is 65.7 Å². The van der Waals surface area contributed by atoms with Crippen molar-refractivity contribution in [3.63, 3.8) is 0 Å². The van der Waals surface area contributed by atoms with E-state index in [1.165, 1.54) is 0 Å². The number of pyridine rings is 1. The Morgan fingerprint density at radius 1 is 1.00 bits per heavy atom. The fourth-order valence-electron chi connectivity index (χ4n) is 4.20. The lowest BCUT2D eigenvalue weighted by Crippen LogP contribution is -2.37. The Hall–Kier alpha value is -3.52. The molecule has 33 heavy (non-hydrogen) atoms. The topological polar surface area (TPSA) is 82.8 Å². The number of amides is 2. The highest BCUT2D eigenvalue weighted by Crippen LogP contribution is 2.28. The van der Waals surface area contributed by atoms with Gasteiger partial charge < -0.3 is 19.2 Å². The van der Waals surface area contributed by atoms with Crippen LogP contribution in [0.1, 0.15) is 35.0 Å². The van der Waals surface area contributed by atoms with E-state index in [0.717, 1.165) is 36.3 Å². The fraction of sp³-hybridized carbons (Fsp3) is 0.360. The molecule has 1 aliphatic rings. The number of para-hydroxylation sites is 1. The maximum absolute atomic E-state index is 13.9. The first kappa shape index (κ1) is 22.7. The SMILES string of the molecule is CC(=O)N1CCCN(C)CCN(C(=O)c2c(-c3ccncc3)noc2C)Cc2ccccc21. The summed E-state index contributed by atoms with van der Waals surface area (Å²) in [4.78, 5) is 36.2. The fourth-order valence-corrected chi connectivity index (χ4v) is 4.20. The van der Waals surface area contributed by atoms with Gasteiger partial charge in [-0.15, -0.1) is 0 Å². The Morgan fingerprint density at radius 3 is 2.52 bits per heavy atom. The van der Waals surface area contributed by atoms with E-state index in [2.05, 4.69) is 15.0 Å². The highest BCUT2D eigenvalue weighted by molar-refractivity contribution is 6.01. The number of aromatic nitrogens is 2. The molecule has 0 atom stereocenters. The Bertz CT molecular complexity index is 1130. The van der Waals surface area contributed by atoms with Crippen molar-refractivity contribution in [2.45, 2.75) is 26.8 Å². The van der Waals surface area contributed by atoms with E-state index < -0.39 is 0 Å². The largest absolute Gasteiger partial charge is 0.360 e. The van der Waals surface area contributed by atoms with Gasteiger partial charge in [0.05, 0.1) is 0 Å². The van der Waals surface area contributed by atoms with Gasteiger partial charge in [0.25, 0.3) is 5.91 Å². The van der Waals surface area contributed by atoms with Crippen molar-refractivity contribution in [1.82, 2.24) is 19.9 Å². The van der Waals surface area contributed by atoms with Crippen molar-refractivity contribution in [1.29, 1.82) is 0 Å². The van der Waals surface area contributed by atoms with Crippen LogP contribution in [0.25, 0.3) is 11.3 Å². The van der Waals surface area contributed by atoms with Gasteiger partial charge in [-0.2, -0.15) is 0 Å². The van der Waals surface area contributed by atoms with Crippen molar-refractivity contribution < 1.29 is 14.1 Å². The number of likely N-dealkylation sites (N-methyl/N-ethyl adjacent to an activating group) is 1. The third-order valence-electron chi connectivity index (χ3n) is 6.01. The molecule has 2 amide bonds. The zero-order valence-corrected chi connectivity index (χ0v) is 19.3. The molecule has 0 fully saturated rings. The van der Waals surface area contributed by atoms with Crippen LogP contribution in [0.2, 0.25) is 0 Å². The summed E-state index contributed by atoms with van der Waals surface area (Å²) in [6.45, 7) is 6.48. The molecule has 172 valence electrons. The number of benzene rings is 1. The van der Waals surface area contributed by atoms with Crippen molar-refractivity contribution in [3.8, 4) is 11.3 Å². The number of fused-ring (bicyclic) bond motifs is 1. The number of carbonyl (C=O) groups excluding carboxylic acids is 2. The summed E-state index contributed by atoms with van der Waals surface area (Å²) in [6.07, 6.45) is 4.19. The van der Waals surface area contributed by atoms with Crippen LogP contribution in [0, 0.1) is 6.92 Å². The predicted octanol–water partition coefficient (Wildman–Crippen LogP) is 3.38. The van der Waals surface area contributed by atoms with Gasteiger partial charge in [-0.25, -0.2) is 0 Å². The predicted molar refractivity (Wildman–Crippen MR) is 126 cm³/mol. The molecule has 8 heteroatoms. The maximum Gasteiger partial charge on any atom is 0.260 e. The highest BCUT2D eigenvalue weighted by Gasteiger charge is 2.28. The smallest absolute Gasteiger partial charge is 0.260 e. The molecule has 2 aromatic heterocycles. The number of rotatable bonds is 2. The molecule has 4 rings (SSSR count). The third-order valence-corrected chi connectivity index (χ3v) is 6.01. The van der Waals surface area contributed by atoms with Crippen molar-refractivity contribution in [2.75, 3.05) is 38.1 Å². The summed E-state index contributed by atoms with van der Waals surface area (Å²) in [5.74, 6) is 0.336. The minimum atomic E-state index is -0.141. The monoisotopic (exact) mass is 447 g/mol. The molecular weight excluding hydrogens is 418 g/mol. The molecule has 0 aliphatic carbocycles. The minimum absolute atomic E-state index is 0.00270. The van der Waals surface area contributed by atoms with Gasteiger partial charge in [0.1, 0.15) is 17.0 Å². The van der Waals surface area contributed by atoms with Crippen LogP contribution in [-0.4, -0.2) is 65.0 Å².